The lowest BCUT2D eigenvalue weighted by molar-refractivity contribution is -0.138. The molecule has 1 aromatic rings. The van der Waals surface area contributed by atoms with Crippen molar-refractivity contribution in [2.75, 3.05) is 0 Å². The van der Waals surface area contributed by atoms with Gasteiger partial charge in [0.05, 0.1) is 5.56 Å². The van der Waals surface area contributed by atoms with Gasteiger partial charge in [0, 0.05) is 6.04 Å². The zero-order valence-electron chi connectivity index (χ0n) is 10.4. The molecule has 3 unspecified atom stereocenters. The van der Waals surface area contributed by atoms with Gasteiger partial charge in [-0.15, -0.1) is 0 Å². The average molecular weight is 257 g/mol. The lowest BCUT2D eigenvalue weighted by Crippen LogP contribution is -2.23. The van der Waals surface area contributed by atoms with Crippen LogP contribution in [0, 0.1) is 11.8 Å². The smallest absolute Gasteiger partial charge is 0.324 e. The summed E-state index contributed by atoms with van der Waals surface area (Å²) in [5.41, 5.74) is 5.71. The minimum absolute atomic E-state index is 0.170. The maximum atomic E-state index is 12.9. The van der Waals surface area contributed by atoms with E-state index in [0.29, 0.717) is 5.92 Å². The molecular weight excluding hydrogens is 239 g/mol. The van der Waals surface area contributed by atoms with E-state index in [0.717, 1.165) is 25.3 Å². The molecule has 0 saturated heterocycles. The molecule has 0 heterocycles. The number of benzene rings is 1. The van der Waals surface area contributed by atoms with E-state index in [1.54, 1.807) is 6.07 Å². The van der Waals surface area contributed by atoms with Crippen LogP contribution in [0.2, 0.25) is 0 Å². The Morgan fingerprint density at radius 3 is 2.44 bits per heavy atom. The molecule has 18 heavy (non-hydrogen) atoms. The summed E-state index contributed by atoms with van der Waals surface area (Å²) >= 11 is 0. The number of alkyl halides is 3. The van der Waals surface area contributed by atoms with Gasteiger partial charge in [0.2, 0.25) is 0 Å². The molecule has 1 nitrogen and oxygen atoms in total. The van der Waals surface area contributed by atoms with Crippen molar-refractivity contribution in [3.63, 3.8) is 0 Å². The second kappa shape index (κ2) is 4.92. The number of nitrogens with two attached hydrogens (primary N) is 1. The first-order valence-electron chi connectivity index (χ1n) is 6.31. The molecular formula is C14H18F3N. The minimum Gasteiger partial charge on any atom is -0.324 e. The van der Waals surface area contributed by atoms with E-state index in [-0.39, 0.29) is 11.5 Å². The van der Waals surface area contributed by atoms with Gasteiger partial charge < -0.3 is 5.73 Å². The first-order valence-corrected chi connectivity index (χ1v) is 6.31. The molecule has 2 N–H and O–H groups in total. The van der Waals surface area contributed by atoms with Crippen LogP contribution in [-0.2, 0) is 6.18 Å². The second-order valence-corrected chi connectivity index (χ2v) is 5.29. The van der Waals surface area contributed by atoms with E-state index in [1.165, 1.54) is 12.1 Å². The van der Waals surface area contributed by atoms with Crippen molar-refractivity contribution >= 4 is 0 Å². The highest BCUT2D eigenvalue weighted by Crippen LogP contribution is 2.41. The van der Waals surface area contributed by atoms with Crippen molar-refractivity contribution < 1.29 is 13.2 Å². The largest absolute Gasteiger partial charge is 0.416 e. The third kappa shape index (κ3) is 2.69. The highest BCUT2D eigenvalue weighted by atomic mass is 19.4. The zero-order chi connectivity index (χ0) is 13.3. The Morgan fingerprint density at radius 2 is 1.89 bits per heavy atom. The lowest BCUT2D eigenvalue weighted by Gasteiger charge is -2.23. The van der Waals surface area contributed by atoms with E-state index in [4.69, 9.17) is 5.73 Å². The summed E-state index contributed by atoms with van der Waals surface area (Å²) < 4.78 is 38.8. The van der Waals surface area contributed by atoms with Gasteiger partial charge in [-0.3, -0.25) is 0 Å². The van der Waals surface area contributed by atoms with Crippen molar-refractivity contribution in [1.29, 1.82) is 0 Å². The predicted molar refractivity (Wildman–Crippen MR) is 64.9 cm³/mol. The molecule has 0 aromatic heterocycles. The fourth-order valence-electron chi connectivity index (χ4n) is 2.88. The number of hydrogen-bond donors (Lipinski definition) is 1. The average Bonchev–Trinajstić information content (AvgIpc) is 2.74. The van der Waals surface area contributed by atoms with Gasteiger partial charge in [0.1, 0.15) is 0 Å². The van der Waals surface area contributed by atoms with E-state index in [2.05, 4.69) is 6.92 Å². The summed E-state index contributed by atoms with van der Waals surface area (Å²) in [6, 6.07) is 5.16. The molecule has 100 valence electrons. The summed E-state index contributed by atoms with van der Waals surface area (Å²) in [6.45, 7) is 2.13. The monoisotopic (exact) mass is 257 g/mol. The molecule has 0 radical (unpaired) electrons. The van der Waals surface area contributed by atoms with Gasteiger partial charge in [0.15, 0.2) is 0 Å². The molecule has 1 aliphatic carbocycles. The van der Waals surface area contributed by atoms with Gasteiger partial charge in [-0.1, -0.05) is 31.5 Å². The summed E-state index contributed by atoms with van der Waals surface area (Å²) in [4.78, 5) is 0. The maximum Gasteiger partial charge on any atom is 0.416 e. The van der Waals surface area contributed by atoms with E-state index < -0.39 is 17.8 Å². The van der Waals surface area contributed by atoms with Crippen molar-refractivity contribution in [2.45, 2.75) is 38.4 Å². The van der Waals surface area contributed by atoms with Gasteiger partial charge in [0.25, 0.3) is 0 Å². The number of hydrogen-bond acceptors (Lipinski definition) is 1. The Bertz CT molecular complexity index is 414. The van der Waals surface area contributed by atoms with Crippen molar-refractivity contribution in [1.82, 2.24) is 0 Å². The summed E-state index contributed by atoms with van der Waals surface area (Å²) in [7, 11) is 0. The van der Waals surface area contributed by atoms with Crippen LogP contribution < -0.4 is 5.73 Å². The van der Waals surface area contributed by atoms with E-state index in [9.17, 15) is 13.2 Å². The third-order valence-electron chi connectivity index (χ3n) is 3.87. The molecule has 0 aliphatic heterocycles. The van der Waals surface area contributed by atoms with Gasteiger partial charge in [-0.25, -0.2) is 0 Å². The van der Waals surface area contributed by atoms with Crippen LogP contribution in [0.4, 0.5) is 13.2 Å². The normalized spacial score (nSPS) is 26.3. The summed E-state index contributed by atoms with van der Waals surface area (Å²) in [6.07, 6.45) is -1.41. The molecule has 4 heteroatoms. The molecule has 1 aromatic carbocycles. The SMILES string of the molecule is CC1CCC(C(N)c2ccccc2C(F)(F)F)C1. The van der Waals surface area contributed by atoms with Gasteiger partial charge in [-0.05, 0) is 36.3 Å². The van der Waals surface area contributed by atoms with Crippen LogP contribution in [-0.4, -0.2) is 0 Å². The molecule has 1 aliphatic rings. The lowest BCUT2D eigenvalue weighted by atomic mass is 9.89. The van der Waals surface area contributed by atoms with Gasteiger partial charge >= 0.3 is 6.18 Å². The fourth-order valence-corrected chi connectivity index (χ4v) is 2.88. The van der Waals surface area contributed by atoms with Crippen LogP contribution >= 0.6 is 0 Å². The Balaban J connectivity index is 2.28. The second-order valence-electron chi connectivity index (χ2n) is 5.29. The molecule has 3 atom stereocenters. The Kier molecular flexibility index (Phi) is 3.66. The number of rotatable bonds is 2. The highest BCUT2D eigenvalue weighted by Gasteiger charge is 2.37. The van der Waals surface area contributed by atoms with Crippen molar-refractivity contribution in [3.05, 3.63) is 35.4 Å². The first-order chi connectivity index (χ1) is 8.39. The standard InChI is InChI=1S/C14H18F3N/c1-9-6-7-10(8-9)13(18)11-4-2-3-5-12(11)14(15,16)17/h2-5,9-10,13H,6-8,18H2,1H3. The predicted octanol–water partition coefficient (Wildman–Crippen LogP) is 4.14. The van der Waals surface area contributed by atoms with E-state index in [1.807, 2.05) is 0 Å². The van der Waals surface area contributed by atoms with Crippen LogP contribution in [0.1, 0.15) is 43.4 Å². The Hall–Kier alpha value is -1.03. The van der Waals surface area contributed by atoms with Crippen LogP contribution in [0.5, 0.6) is 0 Å². The highest BCUT2D eigenvalue weighted by molar-refractivity contribution is 5.32. The fraction of sp³-hybridized carbons (Fsp3) is 0.571. The molecule has 0 bridgehead atoms. The minimum atomic E-state index is -4.32. The quantitative estimate of drug-likeness (QED) is 0.846. The zero-order valence-corrected chi connectivity index (χ0v) is 10.4. The van der Waals surface area contributed by atoms with E-state index >= 15 is 0 Å². The first kappa shape index (κ1) is 13.4. The Labute approximate surface area is 105 Å². The number of halogens is 3. The molecule has 0 spiro atoms. The van der Waals surface area contributed by atoms with Crippen molar-refractivity contribution in [3.8, 4) is 0 Å². The topological polar surface area (TPSA) is 26.0 Å². The summed E-state index contributed by atoms with van der Waals surface area (Å²) in [5.74, 6) is 0.739. The third-order valence-corrected chi connectivity index (χ3v) is 3.87. The molecule has 0 amide bonds. The van der Waals surface area contributed by atoms with Crippen LogP contribution in [0.3, 0.4) is 0 Å². The molecule has 1 saturated carbocycles. The van der Waals surface area contributed by atoms with Crippen molar-refractivity contribution in [2.24, 2.45) is 17.6 Å². The van der Waals surface area contributed by atoms with Crippen LogP contribution in [0.25, 0.3) is 0 Å². The Morgan fingerprint density at radius 1 is 1.22 bits per heavy atom. The molecule has 1 fully saturated rings. The van der Waals surface area contributed by atoms with Gasteiger partial charge in [-0.2, -0.15) is 13.2 Å². The maximum absolute atomic E-state index is 12.9. The van der Waals surface area contributed by atoms with Crippen LogP contribution in [0.15, 0.2) is 24.3 Å². The molecule has 2 rings (SSSR count). The summed E-state index contributed by atoms with van der Waals surface area (Å²) in [5, 5.41) is 0.